The van der Waals surface area contributed by atoms with Crippen molar-refractivity contribution in [3.8, 4) is 0 Å². The smallest absolute Gasteiger partial charge is 0.268 e. The van der Waals surface area contributed by atoms with E-state index in [1.54, 1.807) is 72.8 Å². The van der Waals surface area contributed by atoms with Crippen molar-refractivity contribution in [3.63, 3.8) is 0 Å². The maximum atomic E-state index is 13.9. The molecule has 156 valence electrons. The SMILES string of the molecule is Cc1ccc(S(=O)(=O)n2c3ccccc3c3ccc4c(=O)c5ccccc5oc4c32)cc1. The predicted octanol–water partition coefficient (Wildman–Crippen LogP) is 5.60. The second kappa shape index (κ2) is 6.55. The van der Waals surface area contributed by atoms with Crippen LogP contribution in [0.5, 0.6) is 0 Å². The molecule has 0 spiro atoms. The normalized spacial score (nSPS) is 12.3. The number of hydrogen-bond acceptors (Lipinski definition) is 4. The van der Waals surface area contributed by atoms with Gasteiger partial charge in [-0.3, -0.25) is 4.79 Å². The Morgan fingerprint density at radius 1 is 0.719 bits per heavy atom. The minimum Gasteiger partial charge on any atom is -0.454 e. The number of nitrogens with zero attached hydrogens (tertiary/aromatic N) is 1. The van der Waals surface area contributed by atoms with E-state index in [0.29, 0.717) is 32.8 Å². The standard InChI is InChI=1S/C26H17NO4S/c1-16-10-12-17(13-11-16)32(29,30)27-22-8-4-2-6-18(22)19-14-15-21-25(28)20-7-3-5-9-23(20)31-26(21)24(19)27/h2-15H,1H3. The monoisotopic (exact) mass is 439 g/mol. The van der Waals surface area contributed by atoms with Gasteiger partial charge in [0.25, 0.3) is 10.0 Å². The van der Waals surface area contributed by atoms with E-state index in [0.717, 1.165) is 10.9 Å². The van der Waals surface area contributed by atoms with Crippen molar-refractivity contribution in [1.82, 2.24) is 3.97 Å². The molecule has 0 bridgehead atoms. The molecule has 0 atom stereocenters. The summed E-state index contributed by atoms with van der Waals surface area (Å²) >= 11 is 0. The molecule has 0 aliphatic rings. The summed E-state index contributed by atoms with van der Waals surface area (Å²) in [6.45, 7) is 1.91. The summed E-state index contributed by atoms with van der Waals surface area (Å²) in [6, 6.07) is 24.6. The van der Waals surface area contributed by atoms with Crippen LogP contribution in [-0.2, 0) is 10.0 Å². The van der Waals surface area contributed by atoms with Crippen molar-refractivity contribution in [2.24, 2.45) is 0 Å². The van der Waals surface area contributed by atoms with Gasteiger partial charge >= 0.3 is 0 Å². The zero-order chi connectivity index (χ0) is 22.0. The maximum absolute atomic E-state index is 13.9. The molecule has 2 aromatic heterocycles. The summed E-state index contributed by atoms with van der Waals surface area (Å²) in [5.41, 5.74) is 2.36. The molecule has 2 heterocycles. The van der Waals surface area contributed by atoms with Gasteiger partial charge in [0.15, 0.2) is 5.58 Å². The fourth-order valence-corrected chi connectivity index (χ4v) is 5.87. The van der Waals surface area contributed by atoms with Crippen molar-refractivity contribution >= 4 is 53.8 Å². The fourth-order valence-electron chi connectivity index (χ4n) is 4.33. The van der Waals surface area contributed by atoms with Crippen LogP contribution in [0.4, 0.5) is 0 Å². The summed E-state index contributed by atoms with van der Waals surface area (Å²) in [6.07, 6.45) is 0. The van der Waals surface area contributed by atoms with E-state index in [-0.39, 0.29) is 15.9 Å². The van der Waals surface area contributed by atoms with E-state index in [1.807, 2.05) is 19.1 Å². The van der Waals surface area contributed by atoms with Crippen LogP contribution in [0.1, 0.15) is 5.56 Å². The number of rotatable bonds is 2. The molecule has 0 N–H and O–H groups in total. The molecule has 0 aliphatic carbocycles. The van der Waals surface area contributed by atoms with Crippen LogP contribution in [-0.4, -0.2) is 12.4 Å². The van der Waals surface area contributed by atoms with Crippen molar-refractivity contribution in [3.05, 3.63) is 101 Å². The van der Waals surface area contributed by atoms with Gasteiger partial charge in [-0.1, -0.05) is 54.1 Å². The van der Waals surface area contributed by atoms with E-state index in [2.05, 4.69) is 0 Å². The first-order chi connectivity index (χ1) is 15.5. The van der Waals surface area contributed by atoms with Gasteiger partial charge in [0.05, 0.1) is 21.2 Å². The number of benzene rings is 4. The van der Waals surface area contributed by atoms with Gasteiger partial charge in [-0.05, 0) is 43.3 Å². The first-order valence-corrected chi connectivity index (χ1v) is 11.6. The highest BCUT2D eigenvalue weighted by atomic mass is 32.2. The van der Waals surface area contributed by atoms with Crippen molar-refractivity contribution in [2.75, 3.05) is 0 Å². The highest BCUT2D eigenvalue weighted by Crippen LogP contribution is 2.37. The Bertz CT molecular complexity index is 1860. The van der Waals surface area contributed by atoms with Crippen LogP contribution in [0, 0.1) is 6.92 Å². The molecule has 4 aromatic carbocycles. The lowest BCUT2D eigenvalue weighted by atomic mass is 10.1. The predicted molar refractivity (Wildman–Crippen MR) is 127 cm³/mol. The van der Waals surface area contributed by atoms with Gasteiger partial charge in [0.1, 0.15) is 11.1 Å². The third-order valence-electron chi connectivity index (χ3n) is 5.90. The number of aromatic nitrogens is 1. The largest absolute Gasteiger partial charge is 0.454 e. The minimum atomic E-state index is -3.97. The molecule has 0 fully saturated rings. The first-order valence-electron chi connectivity index (χ1n) is 10.2. The van der Waals surface area contributed by atoms with E-state index in [1.165, 1.54) is 3.97 Å². The summed E-state index contributed by atoms with van der Waals surface area (Å²) in [7, 11) is -3.97. The molecule has 0 saturated heterocycles. The maximum Gasteiger partial charge on any atom is 0.268 e. The van der Waals surface area contributed by atoms with E-state index >= 15 is 0 Å². The van der Waals surface area contributed by atoms with Gasteiger partial charge in [-0.25, -0.2) is 12.4 Å². The van der Waals surface area contributed by atoms with E-state index in [4.69, 9.17) is 4.42 Å². The molecular formula is C26H17NO4S. The van der Waals surface area contributed by atoms with Gasteiger partial charge < -0.3 is 4.42 Å². The molecule has 0 unspecified atom stereocenters. The molecule has 6 rings (SSSR count). The molecule has 6 heteroatoms. The van der Waals surface area contributed by atoms with Crippen LogP contribution >= 0.6 is 0 Å². The number of aryl methyl sites for hydroxylation is 1. The Labute approximate surface area is 183 Å². The van der Waals surface area contributed by atoms with Crippen molar-refractivity contribution < 1.29 is 12.8 Å². The lowest BCUT2D eigenvalue weighted by Gasteiger charge is -2.11. The summed E-state index contributed by atoms with van der Waals surface area (Å²) < 4.78 is 35.2. The van der Waals surface area contributed by atoms with E-state index < -0.39 is 10.0 Å². The highest BCUT2D eigenvalue weighted by molar-refractivity contribution is 7.90. The zero-order valence-electron chi connectivity index (χ0n) is 17.1. The Kier molecular flexibility index (Phi) is 3.85. The molecular weight excluding hydrogens is 422 g/mol. The van der Waals surface area contributed by atoms with Crippen LogP contribution in [0.2, 0.25) is 0 Å². The lowest BCUT2D eigenvalue weighted by Crippen LogP contribution is -2.13. The Hall–Kier alpha value is -3.90. The molecule has 5 nitrogen and oxygen atoms in total. The Morgan fingerprint density at radius 3 is 2.16 bits per heavy atom. The van der Waals surface area contributed by atoms with Crippen LogP contribution in [0.25, 0.3) is 43.7 Å². The van der Waals surface area contributed by atoms with Gasteiger partial charge in [0, 0.05) is 10.8 Å². The molecule has 32 heavy (non-hydrogen) atoms. The van der Waals surface area contributed by atoms with Gasteiger partial charge in [-0.15, -0.1) is 0 Å². The molecule has 0 radical (unpaired) electrons. The van der Waals surface area contributed by atoms with Crippen LogP contribution < -0.4 is 5.43 Å². The molecule has 0 amide bonds. The zero-order valence-corrected chi connectivity index (χ0v) is 17.9. The third kappa shape index (κ3) is 2.50. The third-order valence-corrected chi connectivity index (χ3v) is 7.62. The number of fused-ring (bicyclic) bond motifs is 6. The second-order valence-corrected chi connectivity index (χ2v) is 9.65. The summed E-state index contributed by atoms with van der Waals surface area (Å²) in [4.78, 5) is 13.4. The molecule has 6 aromatic rings. The lowest BCUT2D eigenvalue weighted by molar-refractivity contribution is 0.590. The Morgan fingerprint density at radius 2 is 1.38 bits per heavy atom. The second-order valence-electron chi connectivity index (χ2n) is 7.87. The van der Waals surface area contributed by atoms with Crippen molar-refractivity contribution in [2.45, 2.75) is 11.8 Å². The highest BCUT2D eigenvalue weighted by Gasteiger charge is 2.26. The number of hydrogen-bond donors (Lipinski definition) is 0. The minimum absolute atomic E-state index is 0.172. The average Bonchev–Trinajstić information content (AvgIpc) is 3.15. The van der Waals surface area contributed by atoms with Gasteiger partial charge in [-0.2, -0.15) is 0 Å². The Balaban J connectivity index is 1.87. The summed E-state index contributed by atoms with van der Waals surface area (Å²) in [5, 5.41) is 2.29. The topological polar surface area (TPSA) is 69.3 Å². The van der Waals surface area contributed by atoms with Crippen LogP contribution in [0.3, 0.4) is 0 Å². The average molecular weight is 439 g/mol. The fraction of sp³-hybridized carbons (Fsp3) is 0.0385. The van der Waals surface area contributed by atoms with E-state index in [9.17, 15) is 13.2 Å². The summed E-state index contributed by atoms with van der Waals surface area (Å²) in [5.74, 6) is 0. The quantitative estimate of drug-likeness (QED) is 0.329. The number of para-hydroxylation sites is 2. The van der Waals surface area contributed by atoms with Crippen LogP contribution in [0.15, 0.2) is 99.0 Å². The molecule has 0 aliphatic heterocycles. The van der Waals surface area contributed by atoms with Crippen molar-refractivity contribution in [1.29, 1.82) is 0 Å². The first kappa shape index (κ1) is 18.8. The van der Waals surface area contributed by atoms with Gasteiger partial charge in [0.2, 0.25) is 5.43 Å². The molecule has 0 saturated carbocycles.